The van der Waals surface area contributed by atoms with Crippen molar-refractivity contribution in [2.24, 2.45) is 10.8 Å². The number of halogens is 1. The quantitative estimate of drug-likeness (QED) is 0.530. The van der Waals surface area contributed by atoms with Crippen molar-refractivity contribution in [2.45, 2.75) is 27.2 Å². The maximum absolute atomic E-state index is 11.8. The Hall–Kier alpha value is -2.73. The number of nitrogens with zero attached hydrogens (tertiary/aromatic N) is 4. The van der Waals surface area contributed by atoms with Gasteiger partial charge in [-0.2, -0.15) is 4.98 Å². The van der Waals surface area contributed by atoms with Gasteiger partial charge in [0.2, 0.25) is 11.2 Å². The van der Waals surface area contributed by atoms with Gasteiger partial charge in [-0.05, 0) is 41.3 Å². The van der Waals surface area contributed by atoms with Gasteiger partial charge in [0, 0.05) is 23.9 Å². The van der Waals surface area contributed by atoms with Crippen molar-refractivity contribution in [3.05, 3.63) is 64.7 Å². The molecule has 2 heterocycles. The highest BCUT2D eigenvalue weighted by Gasteiger charge is 2.46. The number of carbonyl (C=O) groups is 1. The number of allylic oxidation sites excluding steroid dienone is 2. The van der Waals surface area contributed by atoms with Crippen LogP contribution >= 0.6 is 11.6 Å². The second-order valence-electron chi connectivity index (χ2n) is 8.63. The lowest BCUT2D eigenvalue weighted by molar-refractivity contribution is 0.0600. The lowest BCUT2D eigenvalue weighted by Crippen LogP contribution is -2.47. The average molecular weight is 425 g/mol. The van der Waals surface area contributed by atoms with Crippen LogP contribution in [0.25, 0.3) is 5.57 Å². The Labute approximate surface area is 181 Å². The van der Waals surface area contributed by atoms with E-state index in [1.165, 1.54) is 24.6 Å². The molecule has 7 heteroatoms. The van der Waals surface area contributed by atoms with Gasteiger partial charge >= 0.3 is 5.97 Å². The van der Waals surface area contributed by atoms with Gasteiger partial charge in [0.25, 0.3) is 0 Å². The zero-order valence-corrected chi connectivity index (χ0v) is 18.4. The van der Waals surface area contributed by atoms with Gasteiger partial charge in [0.15, 0.2) is 0 Å². The molecular formula is C23H25ClN4O2. The van der Waals surface area contributed by atoms with Gasteiger partial charge in [-0.3, -0.25) is 0 Å². The Morgan fingerprint density at radius 3 is 2.53 bits per heavy atom. The molecule has 2 aromatic rings. The molecule has 0 radical (unpaired) electrons. The second-order valence-corrected chi connectivity index (χ2v) is 8.97. The summed E-state index contributed by atoms with van der Waals surface area (Å²) < 4.78 is 4.81. The Morgan fingerprint density at radius 2 is 1.87 bits per heavy atom. The molecule has 0 amide bonds. The average Bonchev–Trinajstić information content (AvgIpc) is 2.72. The van der Waals surface area contributed by atoms with Crippen LogP contribution < -0.4 is 4.90 Å². The van der Waals surface area contributed by atoms with Crippen LogP contribution in [0.2, 0.25) is 5.28 Å². The normalized spacial score (nSPS) is 22.6. The Kier molecular flexibility index (Phi) is 5.14. The minimum absolute atomic E-state index is 0.0314. The van der Waals surface area contributed by atoms with E-state index >= 15 is 0 Å². The molecule has 0 unspecified atom stereocenters. The molecule has 0 saturated carbocycles. The Morgan fingerprint density at radius 1 is 1.13 bits per heavy atom. The summed E-state index contributed by atoms with van der Waals surface area (Å²) in [4.78, 5) is 26.4. The summed E-state index contributed by atoms with van der Waals surface area (Å²) in [5, 5.41) is 0.210. The molecule has 0 N–H and O–H groups in total. The lowest BCUT2D eigenvalue weighted by Gasteiger charge is -2.50. The summed E-state index contributed by atoms with van der Waals surface area (Å²) in [7, 11) is 1.40. The monoisotopic (exact) mass is 424 g/mol. The van der Waals surface area contributed by atoms with E-state index in [0.717, 1.165) is 25.1 Å². The number of esters is 1. The summed E-state index contributed by atoms with van der Waals surface area (Å²) in [6, 6.07) is 7.66. The number of fused-ring (bicyclic) bond motifs is 1. The van der Waals surface area contributed by atoms with Crippen molar-refractivity contribution in [2.75, 3.05) is 25.1 Å². The first kappa shape index (κ1) is 20.5. The van der Waals surface area contributed by atoms with Crippen molar-refractivity contribution in [3.63, 3.8) is 0 Å². The smallest absolute Gasteiger partial charge is 0.337 e. The fourth-order valence-electron chi connectivity index (χ4n) is 4.89. The summed E-state index contributed by atoms with van der Waals surface area (Å²) in [6.07, 6.45) is 6.99. The molecule has 1 aromatic heterocycles. The Balaban J connectivity index is 1.64. The van der Waals surface area contributed by atoms with E-state index in [2.05, 4.69) is 52.8 Å². The van der Waals surface area contributed by atoms with E-state index in [0.29, 0.717) is 11.5 Å². The minimum Gasteiger partial charge on any atom is -0.465 e. The van der Waals surface area contributed by atoms with Gasteiger partial charge in [-0.25, -0.2) is 14.8 Å². The molecule has 1 aromatic carbocycles. The molecule has 156 valence electrons. The van der Waals surface area contributed by atoms with Gasteiger partial charge < -0.3 is 9.64 Å². The largest absolute Gasteiger partial charge is 0.465 e. The number of rotatable bonds is 3. The topological polar surface area (TPSA) is 68.2 Å². The molecule has 1 aliphatic heterocycles. The lowest BCUT2D eigenvalue weighted by atomic mass is 9.58. The first-order valence-electron chi connectivity index (χ1n) is 9.94. The summed E-state index contributed by atoms with van der Waals surface area (Å²) in [5.74, 6) is 0.289. The number of hydrogen-bond acceptors (Lipinski definition) is 6. The zero-order chi connectivity index (χ0) is 21.5. The van der Waals surface area contributed by atoms with Gasteiger partial charge in [-0.1, -0.05) is 50.6 Å². The highest BCUT2D eigenvalue weighted by atomic mass is 35.5. The van der Waals surface area contributed by atoms with Crippen molar-refractivity contribution in [1.82, 2.24) is 15.0 Å². The highest BCUT2D eigenvalue weighted by Crippen LogP contribution is 2.55. The molecule has 4 rings (SSSR count). The number of methoxy groups -OCH3 is 1. The summed E-state index contributed by atoms with van der Waals surface area (Å²) >= 11 is 5.97. The molecule has 0 fully saturated rings. The third-order valence-electron chi connectivity index (χ3n) is 6.24. The molecule has 0 bridgehead atoms. The molecule has 6 nitrogen and oxygen atoms in total. The molecule has 1 atom stereocenters. The van der Waals surface area contributed by atoms with Crippen LogP contribution in [0, 0.1) is 10.8 Å². The molecule has 30 heavy (non-hydrogen) atoms. The fourth-order valence-corrected chi connectivity index (χ4v) is 5.01. The predicted molar refractivity (Wildman–Crippen MR) is 117 cm³/mol. The van der Waals surface area contributed by atoms with E-state index in [4.69, 9.17) is 16.3 Å². The summed E-state index contributed by atoms with van der Waals surface area (Å²) in [6.45, 7) is 8.37. The Bertz CT molecular complexity index is 1050. The number of benzene rings is 1. The molecule has 2 aliphatic rings. The molecular weight excluding hydrogens is 400 g/mol. The highest BCUT2D eigenvalue weighted by molar-refractivity contribution is 6.28. The number of aromatic nitrogens is 3. The standard InChI is InChI=1S/C23H25ClN4O2/c1-22(2)17(15-5-7-16(8-6-15)19(29)30-4)9-11-23(3)13-28(12-10-18(22)23)21-26-14-25-20(24)27-21/h5-10,14H,11-13H2,1-4H3/t23-/m1/s1. The minimum atomic E-state index is -0.320. The van der Waals surface area contributed by atoms with Crippen LogP contribution in [-0.2, 0) is 4.74 Å². The number of anilines is 1. The van der Waals surface area contributed by atoms with Crippen LogP contribution in [0.5, 0.6) is 0 Å². The van der Waals surface area contributed by atoms with Crippen molar-refractivity contribution in [3.8, 4) is 0 Å². The van der Waals surface area contributed by atoms with E-state index < -0.39 is 0 Å². The predicted octanol–water partition coefficient (Wildman–Crippen LogP) is 4.58. The van der Waals surface area contributed by atoms with Crippen LogP contribution in [0.1, 0.15) is 43.1 Å². The third-order valence-corrected chi connectivity index (χ3v) is 6.42. The van der Waals surface area contributed by atoms with Crippen LogP contribution in [0.4, 0.5) is 5.95 Å². The van der Waals surface area contributed by atoms with Crippen LogP contribution in [0.15, 0.2) is 48.3 Å². The molecule has 0 spiro atoms. The van der Waals surface area contributed by atoms with Crippen LogP contribution in [-0.4, -0.2) is 41.1 Å². The summed E-state index contributed by atoms with van der Waals surface area (Å²) in [5.41, 5.74) is 4.21. The van der Waals surface area contributed by atoms with E-state index in [1.807, 2.05) is 24.3 Å². The first-order chi connectivity index (χ1) is 14.2. The maximum Gasteiger partial charge on any atom is 0.337 e. The third kappa shape index (κ3) is 3.49. The first-order valence-corrected chi connectivity index (χ1v) is 10.3. The van der Waals surface area contributed by atoms with Gasteiger partial charge in [0.05, 0.1) is 12.7 Å². The van der Waals surface area contributed by atoms with Gasteiger partial charge in [-0.15, -0.1) is 0 Å². The maximum atomic E-state index is 11.8. The van der Waals surface area contributed by atoms with Crippen molar-refractivity contribution in [1.29, 1.82) is 0 Å². The fraction of sp³-hybridized carbons (Fsp3) is 0.391. The molecule has 1 aliphatic carbocycles. The SMILES string of the molecule is COC(=O)c1ccc(C2=CC[C@]3(C)CN(c4ncnc(Cl)n4)CC=C3C2(C)C)cc1. The molecule has 0 saturated heterocycles. The van der Waals surface area contributed by atoms with E-state index in [-0.39, 0.29) is 22.1 Å². The second kappa shape index (κ2) is 7.51. The number of hydrogen-bond donors (Lipinski definition) is 0. The van der Waals surface area contributed by atoms with E-state index in [1.54, 1.807) is 0 Å². The number of carbonyl (C=O) groups excluding carboxylic acids is 1. The zero-order valence-electron chi connectivity index (χ0n) is 17.6. The van der Waals surface area contributed by atoms with Crippen molar-refractivity contribution >= 4 is 29.1 Å². The number of ether oxygens (including phenoxy) is 1. The van der Waals surface area contributed by atoms with Crippen molar-refractivity contribution < 1.29 is 9.53 Å². The van der Waals surface area contributed by atoms with E-state index in [9.17, 15) is 4.79 Å². The van der Waals surface area contributed by atoms with Crippen LogP contribution in [0.3, 0.4) is 0 Å². The van der Waals surface area contributed by atoms with Gasteiger partial charge in [0.1, 0.15) is 6.33 Å².